The van der Waals surface area contributed by atoms with Crippen LogP contribution >= 0.6 is 0 Å². The Morgan fingerprint density at radius 3 is 2.44 bits per heavy atom. The van der Waals surface area contributed by atoms with Crippen molar-refractivity contribution in [2.24, 2.45) is 5.92 Å². The molecule has 15 heteroatoms. The zero-order chi connectivity index (χ0) is 31.7. The summed E-state index contributed by atoms with van der Waals surface area (Å²) in [6.07, 6.45) is -0.918. The molecule has 2 heterocycles. The van der Waals surface area contributed by atoms with Gasteiger partial charge in [0.05, 0.1) is 30.5 Å². The second kappa shape index (κ2) is 12.6. The molecule has 0 unspecified atom stereocenters. The Kier molecular flexibility index (Phi) is 9.49. The lowest BCUT2D eigenvalue weighted by Crippen LogP contribution is -2.48. The summed E-state index contributed by atoms with van der Waals surface area (Å²) in [5.41, 5.74) is 0.722. The van der Waals surface area contributed by atoms with Gasteiger partial charge in [-0.25, -0.2) is 21.2 Å². The smallest absolute Gasteiger partial charge is 0.261 e. The predicted molar refractivity (Wildman–Crippen MR) is 155 cm³/mol. The molecule has 234 valence electrons. The number of carbonyl (C=O) groups excluding carboxylic acids is 1. The number of benzene rings is 2. The molecule has 0 saturated heterocycles. The van der Waals surface area contributed by atoms with Gasteiger partial charge in [0.2, 0.25) is 15.9 Å². The summed E-state index contributed by atoms with van der Waals surface area (Å²) in [5, 5.41) is 13.6. The van der Waals surface area contributed by atoms with Gasteiger partial charge in [-0.3, -0.25) is 9.52 Å². The Morgan fingerprint density at radius 1 is 1.16 bits per heavy atom. The highest BCUT2D eigenvalue weighted by atomic mass is 32.2. The van der Waals surface area contributed by atoms with E-state index in [-0.39, 0.29) is 70.6 Å². The van der Waals surface area contributed by atoms with Crippen molar-refractivity contribution in [3.63, 3.8) is 0 Å². The molecule has 2 aromatic carbocycles. The third-order valence-electron chi connectivity index (χ3n) is 7.37. The molecule has 1 aromatic heterocycles. The lowest BCUT2D eigenvalue weighted by Gasteiger charge is -2.33. The van der Waals surface area contributed by atoms with Crippen LogP contribution < -0.4 is 9.46 Å². The van der Waals surface area contributed by atoms with Crippen molar-refractivity contribution in [1.82, 2.24) is 14.4 Å². The largest absolute Gasteiger partial charge is 0.488 e. The number of amides is 1. The van der Waals surface area contributed by atoms with E-state index in [4.69, 9.17) is 9.26 Å². The number of aliphatic hydroxyl groups is 1. The number of likely N-dealkylation sites (N-methyl/N-ethyl adjacent to an activating group) is 1. The second-order valence-electron chi connectivity index (χ2n) is 10.7. The van der Waals surface area contributed by atoms with E-state index < -0.39 is 38.0 Å². The van der Waals surface area contributed by atoms with Crippen molar-refractivity contribution in [2.45, 2.75) is 56.1 Å². The average molecular weight is 639 g/mol. The van der Waals surface area contributed by atoms with Gasteiger partial charge < -0.3 is 19.3 Å². The van der Waals surface area contributed by atoms with E-state index in [0.717, 1.165) is 28.6 Å². The molecular weight excluding hydrogens is 603 g/mol. The van der Waals surface area contributed by atoms with Crippen LogP contribution in [0.25, 0.3) is 0 Å². The molecule has 3 atom stereocenters. The molecule has 0 bridgehead atoms. The number of rotatable bonds is 9. The molecule has 0 aliphatic carbocycles. The van der Waals surface area contributed by atoms with Crippen LogP contribution in [0, 0.1) is 25.6 Å². The lowest BCUT2D eigenvalue weighted by atomic mass is 10.0. The fourth-order valence-corrected chi connectivity index (χ4v) is 7.40. The first-order chi connectivity index (χ1) is 20.1. The molecule has 0 spiro atoms. The minimum absolute atomic E-state index is 0.0325. The number of nitrogens with zero attached hydrogens (tertiary/aromatic N) is 3. The van der Waals surface area contributed by atoms with Crippen molar-refractivity contribution >= 4 is 31.6 Å². The van der Waals surface area contributed by atoms with Gasteiger partial charge in [-0.2, -0.15) is 4.31 Å². The summed E-state index contributed by atoms with van der Waals surface area (Å²) < 4.78 is 81.1. The van der Waals surface area contributed by atoms with Crippen LogP contribution in [-0.2, 0) is 31.3 Å². The van der Waals surface area contributed by atoms with Crippen LogP contribution in [0.4, 0.5) is 10.1 Å². The summed E-state index contributed by atoms with van der Waals surface area (Å²) in [6, 6.07) is 8.23. The van der Waals surface area contributed by atoms with Crippen LogP contribution in [-0.4, -0.2) is 81.1 Å². The molecule has 1 aliphatic rings. The molecule has 2 N–H and O–H groups in total. The molecule has 0 saturated carbocycles. The Morgan fingerprint density at radius 2 is 1.84 bits per heavy atom. The van der Waals surface area contributed by atoms with Crippen molar-refractivity contribution in [1.29, 1.82) is 0 Å². The molecule has 0 fully saturated rings. The van der Waals surface area contributed by atoms with Crippen molar-refractivity contribution in [2.75, 3.05) is 31.5 Å². The predicted octanol–water partition coefficient (Wildman–Crippen LogP) is 2.70. The number of hydrogen-bond acceptors (Lipinski definition) is 9. The van der Waals surface area contributed by atoms with Crippen LogP contribution in [0.1, 0.15) is 30.9 Å². The van der Waals surface area contributed by atoms with Crippen molar-refractivity contribution in [3.8, 4) is 5.75 Å². The Bertz CT molecular complexity index is 1670. The number of fused-ring (bicyclic) bond motifs is 1. The zero-order valence-corrected chi connectivity index (χ0v) is 26.1. The standard InChI is InChI=1S/C28H35FN4O8S2/c1-17-14-33(18(2)16-34)27(35)13-21-12-23(31-42(36,37)24-9-6-22(29)7-10-24)8-11-25(21)40-26(17)15-32(5)43(38,39)28-19(3)30-41-20(28)4/h6-12,17-18,26,31,34H,13-16H2,1-5H3/t17-,18-,26-/m0/s1. The highest BCUT2D eigenvalue weighted by Crippen LogP contribution is 2.31. The number of aryl methyl sites for hydroxylation is 2. The maximum Gasteiger partial charge on any atom is 0.261 e. The number of hydrogen-bond donors (Lipinski definition) is 2. The van der Waals surface area contributed by atoms with Gasteiger partial charge in [0.15, 0.2) is 5.76 Å². The fourth-order valence-electron chi connectivity index (χ4n) is 4.89. The zero-order valence-electron chi connectivity index (χ0n) is 24.4. The third kappa shape index (κ3) is 7.00. The number of nitrogens with one attached hydrogen (secondary N) is 1. The van der Waals surface area contributed by atoms with Gasteiger partial charge in [0.1, 0.15) is 28.3 Å². The van der Waals surface area contributed by atoms with Gasteiger partial charge in [0, 0.05) is 30.8 Å². The first kappa shape index (κ1) is 32.4. The monoisotopic (exact) mass is 638 g/mol. The van der Waals surface area contributed by atoms with E-state index in [1.165, 1.54) is 44.0 Å². The van der Waals surface area contributed by atoms with E-state index in [1.54, 1.807) is 6.92 Å². The summed E-state index contributed by atoms with van der Waals surface area (Å²) >= 11 is 0. The van der Waals surface area contributed by atoms with Crippen molar-refractivity contribution < 1.29 is 40.4 Å². The third-order valence-corrected chi connectivity index (χ3v) is 10.8. The normalized spacial score (nSPS) is 18.8. The van der Waals surface area contributed by atoms with E-state index in [1.807, 2.05) is 6.92 Å². The Labute approximate surface area is 250 Å². The minimum Gasteiger partial charge on any atom is -0.488 e. The summed E-state index contributed by atoms with van der Waals surface area (Å²) in [5.74, 6) is -0.863. The molecule has 3 aromatic rings. The average Bonchev–Trinajstić information content (AvgIpc) is 3.31. The van der Waals surface area contributed by atoms with E-state index >= 15 is 0 Å². The molecule has 0 radical (unpaired) electrons. The van der Waals surface area contributed by atoms with Gasteiger partial charge in [-0.15, -0.1) is 0 Å². The molecule has 43 heavy (non-hydrogen) atoms. The quantitative estimate of drug-likeness (QED) is 0.359. The summed E-state index contributed by atoms with van der Waals surface area (Å²) in [4.78, 5) is 14.8. The van der Waals surface area contributed by atoms with Crippen molar-refractivity contribution in [3.05, 3.63) is 65.3 Å². The number of ether oxygens (including phenoxy) is 1. The summed E-state index contributed by atoms with van der Waals surface area (Å²) in [7, 11) is -6.67. The molecule has 1 amide bonds. The number of halogens is 1. The van der Waals surface area contributed by atoms with E-state index in [2.05, 4.69) is 9.88 Å². The second-order valence-corrected chi connectivity index (χ2v) is 14.4. The van der Waals surface area contributed by atoms with Gasteiger partial charge in [-0.1, -0.05) is 12.1 Å². The SMILES string of the molecule is Cc1noc(C)c1S(=O)(=O)N(C)C[C@@H]1Oc2ccc(NS(=O)(=O)c3ccc(F)cc3)cc2CC(=O)N([C@@H](C)CO)C[C@@H]1C. The number of anilines is 1. The highest BCUT2D eigenvalue weighted by Gasteiger charge is 2.35. The Hall–Kier alpha value is -3.53. The van der Waals surface area contributed by atoms with Crippen LogP contribution in [0.15, 0.2) is 56.8 Å². The maximum atomic E-state index is 13.5. The van der Waals surface area contributed by atoms with Gasteiger partial charge in [0.25, 0.3) is 10.0 Å². The van der Waals surface area contributed by atoms with Crippen LogP contribution in [0.2, 0.25) is 0 Å². The number of sulfonamides is 2. The van der Waals surface area contributed by atoms with Gasteiger partial charge in [-0.05, 0) is 63.2 Å². The first-order valence-electron chi connectivity index (χ1n) is 13.5. The Balaban J connectivity index is 1.69. The van der Waals surface area contributed by atoms with Crippen LogP contribution in [0.5, 0.6) is 5.75 Å². The number of aliphatic hydroxyl groups excluding tert-OH is 1. The molecule has 4 rings (SSSR count). The minimum atomic E-state index is -4.07. The highest BCUT2D eigenvalue weighted by molar-refractivity contribution is 7.92. The molecule has 1 aliphatic heterocycles. The van der Waals surface area contributed by atoms with E-state index in [9.17, 15) is 31.1 Å². The van der Waals surface area contributed by atoms with Gasteiger partial charge >= 0.3 is 0 Å². The first-order valence-corrected chi connectivity index (χ1v) is 16.4. The molecular formula is C28H35FN4O8S2. The summed E-state index contributed by atoms with van der Waals surface area (Å²) in [6.45, 7) is 6.34. The number of carbonyl (C=O) groups is 1. The topological polar surface area (TPSA) is 159 Å². The molecule has 12 nitrogen and oxygen atoms in total. The number of aromatic nitrogens is 1. The van der Waals surface area contributed by atoms with Crippen LogP contribution in [0.3, 0.4) is 0 Å². The van der Waals surface area contributed by atoms with E-state index in [0.29, 0.717) is 5.56 Å². The lowest BCUT2D eigenvalue weighted by molar-refractivity contribution is -0.134. The fraction of sp³-hybridized carbons (Fsp3) is 0.429. The maximum absolute atomic E-state index is 13.5.